The molecule has 2 amide bonds. The van der Waals surface area contributed by atoms with Gasteiger partial charge in [-0.3, -0.25) is 14.5 Å². The van der Waals surface area contributed by atoms with Gasteiger partial charge in [0.05, 0.1) is 12.1 Å². The Morgan fingerprint density at radius 1 is 1.29 bits per heavy atom. The molecular formula is C12H21NO4. The van der Waals surface area contributed by atoms with E-state index in [9.17, 15) is 14.7 Å². The molecule has 0 spiro atoms. The van der Waals surface area contributed by atoms with Crippen LogP contribution in [0, 0.1) is 11.8 Å². The van der Waals surface area contributed by atoms with E-state index >= 15 is 0 Å². The number of amides is 2. The Morgan fingerprint density at radius 2 is 1.71 bits per heavy atom. The van der Waals surface area contributed by atoms with Gasteiger partial charge in [0.25, 0.3) is 0 Å². The Bertz CT molecular complexity index is 306. The fourth-order valence-electron chi connectivity index (χ4n) is 1.74. The molecule has 5 heteroatoms. The molecule has 0 bridgehead atoms. The van der Waals surface area contributed by atoms with Crippen molar-refractivity contribution in [1.29, 1.82) is 0 Å². The van der Waals surface area contributed by atoms with Crippen LogP contribution in [-0.4, -0.2) is 47.2 Å². The van der Waals surface area contributed by atoms with Crippen molar-refractivity contribution in [2.75, 3.05) is 13.7 Å². The molecule has 1 aliphatic heterocycles. The van der Waals surface area contributed by atoms with Crippen LogP contribution < -0.4 is 0 Å². The first kappa shape index (κ1) is 14.1. The predicted molar refractivity (Wildman–Crippen MR) is 62.1 cm³/mol. The van der Waals surface area contributed by atoms with Crippen LogP contribution in [0.2, 0.25) is 0 Å². The van der Waals surface area contributed by atoms with Crippen LogP contribution in [0.4, 0.5) is 0 Å². The largest absolute Gasteiger partial charge is 0.388 e. The van der Waals surface area contributed by atoms with E-state index in [1.807, 2.05) is 0 Å². The van der Waals surface area contributed by atoms with Gasteiger partial charge >= 0.3 is 0 Å². The van der Waals surface area contributed by atoms with Crippen LogP contribution in [0.15, 0.2) is 0 Å². The second kappa shape index (κ2) is 4.74. The van der Waals surface area contributed by atoms with Crippen molar-refractivity contribution in [2.45, 2.75) is 39.4 Å². The van der Waals surface area contributed by atoms with Crippen LogP contribution in [0.5, 0.6) is 0 Å². The number of carbonyl (C=O) groups is 2. The number of hydrogen-bond acceptors (Lipinski definition) is 4. The zero-order valence-electron chi connectivity index (χ0n) is 11.1. The zero-order valence-corrected chi connectivity index (χ0v) is 11.1. The summed E-state index contributed by atoms with van der Waals surface area (Å²) in [7, 11) is 1.49. The van der Waals surface area contributed by atoms with E-state index in [4.69, 9.17) is 4.74 Å². The highest BCUT2D eigenvalue weighted by molar-refractivity contribution is 6.04. The maximum atomic E-state index is 11.8. The van der Waals surface area contributed by atoms with Crippen LogP contribution in [0.1, 0.15) is 27.7 Å². The van der Waals surface area contributed by atoms with E-state index in [0.717, 1.165) is 4.90 Å². The van der Waals surface area contributed by atoms with Gasteiger partial charge < -0.3 is 9.84 Å². The van der Waals surface area contributed by atoms with Crippen molar-refractivity contribution in [3.63, 3.8) is 0 Å². The Balaban J connectivity index is 2.76. The zero-order chi connectivity index (χ0) is 13.4. The molecule has 0 aromatic heterocycles. The molecule has 1 fully saturated rings. The fraction of sp³-hybridized carbons (Fsp3) is 0.833. The van der Waals surface area contributed by atoms with E-state index in [2.05, 4.69) is 0 Å². The molecule has 1 N–H and O–H groups in total. The molecule has 1 rings (SSSR count). The summed E-state index contributed by atoms with van der Waals surface area (Å²) >= 11 is 0. The summed E-state index contributed by atoms with van der Waals surface area (Å²) in [6.07, 6.45) is -0.891. The van der Waals surface area contributed by atoms with Gasteiger partial charge in [0.1, 0.15) is 6.10 Å². The highest BCUT2D eigenvalue weighted by Gasteiger charge is 2.44. The highest BCUT2D eigenvalue weighted by Crippen LogP contribution is 2.26. The lowest BCUT2D eigenvalue weighted by atomic mass is 10.00. The molecule has 0 aromatic carbocycles. The Hall–Kier alpha value is -0.940. The van der Waals surface area contributed by atoms with Crippen LogP contribution >= 0.6 is 0 Å². The van der Waals surface area contributed by atoms with E-state index < -0.39 is 11.7 Å². The molecule has 1 aliphatic rings. The Morgan fingerprint density at radius 3 is 2.06 bits per heavy atom. The van der Waals surface area contributed by atoms with Gasteiger partial charge in [-0.15, -0.1) is 0 Å². The van der Waals surface area contributed by atoms with E-state index in [1.165, 1.54) is 7.11 Å². The lowest BCUT2D eigenvalue weighted by molar-refractivity contribution is -0.145. The second-order valence-electron chi connectivity index (χ2n) is 5.19. The number of carbonyl (C=O) groups excluding carboxylic acids is 2. The number of imide groups is 1. The maximum Gasteiger partial charge on any atom is 0.232 e. The number of aliphatic hydroxyl groups is 1. The molecule has 0 aromatic rings. The molecule has 1 heterocycles. The summed E-state index contributed by atoms with van der Waals surface area (Å²) in [4.78, 5) is 24.8. The minimum atomic E-state index is -0.891. The molecule has 0 saturated carbocycles. The number of hydrogen-bond donors (Lipinski definition) is 1. The average molecular weight is 243 g/mol. The number of aliphatic hydroxyl groups excluding tert-OH is 1. The van der Waals surface area contributed by atoms with Crippen LogP contribution in [0.3, 0.4) is 0 Å². The number of nitrogens with zero attached hydrogens (tertiary/aromatic N) is 1. The maximum absolute atomic E-state index is 11.8. The molecule has 5 nitrogen and oxygen atoms in total. The first-order chi connectivity index (χ1) is 7.72. The van der Waals surface area contributed by atoms with Crippen molar-refractivity contribution in [3.8, 4) is 0 Å². The minimum Gasteiger partial charge on any atom is -0.388 e. The van der Waals surface area contributed by atoms with Gasteiger partial charge in [-0.25, -0.2) is 0 Å². The Kier molecular flexibility index (Phi) is 3.94. The number of ether oxygens (including phenoxy) is 1. The monoisotopic (exact) mass is 243 g/mol. The lowest BCUT2D eigenvalue weighted by Gasteiger charge is -2.31. The number of rotatable bonds is 4. The van der Waals surface area contributed by atoms with Crippen molar-refractivity contribution in [2.24, 2.45) is 11.8 Å². The molecule has 98 valence electrons. The third-order valence-electron chi connectivity index (χ3n) is 3.75. The molecule has 17 heavy (non-hydrogen) atoms. The van der Waals surface area contributed by atoms with Crippen LogP contribution in [0.25, 0.3) is 0 Å². The van der Waals surface area contributed by atoms with Gasteiger partial charge in [0.2, 0.25) is 11.8 Å². The summed E-state index contributed by atoms with van der Waals surface area (Å²) in [5, 5.41) is 9.97. The van der Waals surface area contributed by atoms with Crippen molar-refractivity contribution in [1.82, 2.24) is 4.90 Å². The predicted octanol–water partition coefficient (Wildman–Crippen LogP) is 0.413. The van der Waals surface area contributed by atoms with E-state index in [-0.39, 0.29) is 30.2 Å². The molecule has 0 radical (unpaired) electrons. The average Bonchev–Trinajstić information content (AvgIpc) is 2.46. The Labute approximate surface area is 102 Å². The lowest BCUT2D eigenvalue weighted by Crippen LogP contribution is -2.48. The summed E-state index contributed by atoms with van der Waals surface area (Å²) < 4.78 is 5.13. The van der Waals surface area contributed by atoms with Gasteiger partial charge in [-0.2, -0.15) is 0 Å². The molecular weight excluding hydrogens is 222 g/mol. The second-order valence-corrected chi connectivity index (χ2v) is 5.19. The third kappa shape index (κ3) is 2.50. The summed E-state index contributed by atoms with van der Waals surface area (Å²) in [6, 6.07) is 0. The van der Waals surface area contributed by atoms with Crippen molar-refractivity contribution >= 4 is 11.8 Å². The van der Waals surface area contributed by atoms with E-state index in [0.29, 0.717) is 0 Å². The first-order valence-electron chi connectivity index (χ1n) is 5.80. The third-order valence-corrected chi connectivity index (χ3v) is 3.75. The minimum absolute atomic E-state index is 0.00676. The number of β-amino-alcohol motifs (C(OH)–C–C–N with tert-alkyl or cyclic N) is 1. The standard InChI is InChI=1S/C12H21NO4/c1-7-8(2)11(16)13(10(7)15)6-9(14)12(3,4)17-5/h7-9,14H,6H2,1-5H3. The smallest absolute Gasteiger partial charge is 0.232 e. The molecule has 1 saturated heterocycles. The first-order valence-corrected chi connectivity index (χ1v) is 5.80. The van der Waals surface area contributed by atoms with Crippen molar-refractivity contribution < 1.29 is 19.4 Å². The molecule has 0 aliphatic carbocycles. The summed E-state index contributed by atoms with van der Waals surface area (Å²) in [6.45, 7) is 6.90. The van der Waals surface area contributed by atoms with E-state index in [1.54, 1.807) is 27.7 Å². The molecule has 3 atom stereocenters. The van der Waals surface area contributed by atoms with Gasteiger partial charge in [0.15, 0.2) is 0 Å². The van der Waals surface area contributed by atoms with Gasteiger partial charge in [-0.1, -0.05) is 13.8 Å². The SMILES string of the molecule is COC(C)(C)C(O)CN1C(=O)C(C)C(C)C1=O. The van der Waals surface area contributed by atoms with Gasteiger partial charge in [-0.05, 0) is 13.8 Å². The van der Waals surface area contributed by atoms with Crippen LogP contribution in [-0.2, 0) is 14.3 Å². The molecule has 3 unspecified atom stereocenters. The highest BCUT2D eigenvalue weighted by atomic mass is 16.5. The summed E-state index contributed by atoms with van der Waals surface area (Å²) in [5.74, 6) is -1.04. The van der Waals surface area contributed by atoms with Crippen molar-refractivity contribution in [3.05, 3.63) is 0 Å². The van der Waals surface area contributed by atoms with Gasteiger partial charge in [0, 0.05) is 18.9 Å². The normalized spacial score (nSPS) is 27.8. The topological polar surface area (TPSA) is 66.8 Å². The number of likely N-dealkylation sites (tertiary alicyclic amines) is 1. The summed E-state index contributed by atoms with van der Waals surface area (Å²) in [5.41, 5.74) is -0.782. The fourth-order valence-corrected chi connectivity index (χ4v) is 1.74. The number of methoxy groups -OCH3 is 1. The quantitative estimate of drug-likeness (QED) is 0.726.